The number of halogens is 2. The van der Waals surface area contributed by atoms with Crippen molar-refractivity contribution in [1.29, 1.82) is 0 Å². The van der Waals surface area contributed by atoms with Crippen LogP contribution in [0.2, 0.25) is 10.0 Å². The maximum absolute atomic E-state index is 12.1. The zero-order valence-corrected chi connectivity index (χ0v) is 14.3. The molecule has 1 N–H and O–H groups in total. The molecule has 0 aromatic heterocycles. The Labute approximate surface area is 141 Å². The normalized spacial score (nSPS) is 17.8. The van der Waals surface area contributed by atoms with Gasteiger partial charge in [0.05, 0.1) is 11.6 Å². The van der Waals surface area contributed by atoms with Crippen LogP contribution in [0.15, 0.2) is 18.2 Å². The van der Waals surface area contributed by atoms with Crippen LogP contribution in [0.5, 0.6) is 5.75 Å². The van der Waals surface area contributed by atoms with Crippen molar-refractivity contribution in [1.82, 2.24) is 10.2 Å². The van der Waals surface area contributed by atoms with E-state index in [0.29, 0.717) is 41.2 Å². The number of amides is 1. The molecule has 0 spiro atoms. The topological polar surface area (TPSA) is 41.6 Å². The lowest BCUT2D eigenvalue weighted by Crippen LogP contribution is -2.30. The van der Waals surface area contributed by atoms with Gasteiger partial charge in [0.2, 0.25) is 5.91 Å². The van der Waals surface area contributed by atoms with Gasteiger partial charge in [-0.3, -0.25) is 4.79 Å². The van der Waals surface area contributed by atoms with Crippen molar-refractivity contribution in [3.05, 3.63) is 28.2 Å². The highest BCUT2D eigenvalue weighted by Gasteiger charge is 2.25. The zero-order chi connectivity index (χ0) is 15.9. The Hall–Kier alpha value is -0.970. The van der Waals surface area contributed by atoms with Crippen molar-refractivity contribution >= 4 is 29.1 Å². The van der Waals surface area contributed by atoms with E-state index in [1.54, 1.807) is 18.2 Å². The molecule has 1 amide bonds. The third-order valence-electron chi connectivity index (χ3n) is 3.82. The number of hydrogen-bond acceptors (Lipinski definition) is 3. The number of hydrogen-bond donors (Lipinski definition) is 1. The molecule has 1 fully saturated rings. The van der Waals surface area contributed by atoms with Crippen LogP contribution in [-0.4, -0.2) is 44.1 Å². The van der Waals surface area contributed by atoms with Crippen LogP contribution in [-0.2, 0) is 4.79 Å². The van der Waals surface area contributed by atoms with Gasteiger partial charge in [0, 0.05) is 24.5 Å². The highest BCUT2D eigenvalue weighted by molar-refractivity contribution is 6.35. The number of nitrogens with one attached hydrogen (secondary N) is 1. The van der Waals surface area contributed by atoms with E-state index >= 15 is 0 Å². The molecule has 1 aromatic carbocycles. The van der Waals surface area contributed by atoms with Gasteiger partial charge in [-0.05, 0) is 50.6 Å². The molecule has 0 saturated carbocycles. The maximum atomic E-state index is 12.1. The first kappa shape index (κ1) is 17.4. The molecule has 22 heavy (non-hydrogen) atoms. The summed E-state index contributed by atoms with van der Waals surface area (Å²) >= 11 is 11.9. The summed E-state index contributed by atoms with van der Waals surface area (Å²) in [5, 5.41) is 4.24. The van der Waals surface area contributed by atoms with E-state index in [4.69, 9.17) is 27.9 Å². The summed E-state index contributed by atoms with van der Waals surface area (Å²) in [4.78, 5) is 14.1. The highest BCUT2D eigenvalue weighted by Crippen LogP contribution is 2.27. The van der Waals surface area contributed by atoms with E-state index in [0.717, 1.165) is 26.1 Å². The first-order chi connectivity index (χ1) is 10.6. The second kappa shape index (κ2) is 8.61. The molecule has 1 aliphatic heterocycles. The molecule has 2 rings (SSSR count). The first-order valence-electron chi connectivity index (χ1n) is 7.60. The molecule has 1 aliphatic rings. The minimum atomic E-state index is 0.212. The number of nitrogens with zero attached hydrogens (tertiary/aromatic N) is 1. The number of carbonyl (C=O) groups excluding carboxylic acids is 1. The smallest absolute Gasteiger partial charge is 0.222 e. The quantitative estimate of drug-likeness (QED) is 0.772. The Morgan fingerprint density at radius 1 is 1.45 bits per heavy atom. The fourth-order valence-corrected chi connectivity index (χ4v) is 3.13. The largest absolute Gasteiger partial charge is 0.492 e. The Balaban J connectivity index is 1.67. The summed E-state index contributed by atoms with van der Waals surface area (Å²) in [7, 11) is 1.95. The standard InChI is InChI=1S/C16H22Cl2N2O2/c1-19-10-12-6-7-20(11-12)16(21)3-2-8-22-15-5-4-13(17)9-14(15)18/h4-5,9,12,19H,2-3,6-8,10-11H2,1H3. The lowest BCUT2D eigenvalue weighted by molar-refractivity contribution is -0.130. The van der Waals surface area contributed by atoms with Gasteiger partial charge < -0.3 is 15.0 Å². The van der Waals surface area contributed by atoms with Gasteiger partial charge in [-0.25, -0.2) is 0 Å². The van der Waals surface area contributed by atoms with Crippen LogP contribution in [0.25, 0.3) is 0 Å². The molecular weight excluding hydrogens is 323 g/mol. The number of carbonyl (C=O) groups is 1. The lowest BCUT2D eigenvalue weighted by atomic mass is 10.1. The van der Waals surface area contributed by atoms with Crippen molar-refractivity contribution in [3.8, 4) is 5.75 Å². The molecule has 0 aliphatic carbocycles. The average Bonchev–Trinajstić information content (AvgIpc) is 2.94. The Morgan fingerprint density at radius 2 is 2.27 bits per heavy atom. The number of benzene rings is 1. The minimum absolute atomic E-state index is 0.212. The first-order valence-corrected chi connectivity index (χ1v) is 8.36. The molecule has 1 aromatic rings. The number of likely N-dealkylation sites (tertiary alicyclic amines) is 1. The maximum Gasteiger partial charge on any atom is 0.222 e. The second-order valence-electron chi connectivity index (χ2n) is 5.58. The molecule has 1 atom stereocenters. The van der Waals surface area contributed by atoms with E-state index < -0.39 is 0 Å². The van der Waals surface area contributed by atoms with Gasteiger partial charge in [0.1, 0.15) is 5.75 Å². The van der Waals surface area contributed by atoms with E-state index in [1.165, 1.54) is 0 Å². The van der Waals surface area contributed by atoms with Gasteiger partial charge in [0.15, 0.2) is 0 Å². The molecule has 122 valence electrons. The number of ether oxygens (including phenoxy) is 1. The summed E-state index contributed by atoms with van der Waals surface area (Å²) in [6.07, 6.45) is 2.28. The van der Waals surface area contributed by atoms with E-state index in [1.807, 2.05) is 11.9 Å². The lowest BCUT2D eigenvalue weighted by Gasteiger charge is -2.16. The summed E-state index contributed by atoms with van der Waals surface area (Å²) < 4.78 is 5.59. The summed E-state index contributed by atoms with van der Waals surface area (Å²) in [5.41, 5.74) is 0. The van der Waals surface area contributed by atoms with E-state index in [-0.39, 0.29) is 5.91 Å². The predicted molar refractivity (Wildman–Crippen MR) is 89.8 cm³/mol. The fourth-order valence-electron chi connectivity index (χ4n) is 2.67. The van der Waals surface area contributed by atoms with Crippen LogP contribution in [0.1, 0.15) is 19.3 Å². The van der Waals surface area contributed by atoms with Crippen molar-refractivity contribution in [2.24, 2.45) is 5.92 Å². The third kappa shape index (κ3) is 5.04. The van der Waals surface area contributed by atoms with Crippen molar-refractivity contribution in [2.45, 2.75) is 19.3 Å². The summed E-state index contributed by atoms with van der Waals surface area (Å²) in [5.74, 6) is 1.40. The van der Waals surface area contributed by atoms with Crippen LogP contribution in [0, 0.1) is 5.92 Å². The van der Waals surface area contributed by atoms with Gasteiger partial charge in [-0.15, -0.1) is 0 Å². The molecule has 4 nitrogen and oxygen atoms in total. The third-order valence-corrected chi connectivity index (χ3v) is 4.35. The van der Waals surface area contributed by atoms with Gasteiger partial charge in [-0.1, -0.05) is 23.2 Å². The molecule has 1 saturated heterocycles. The van der Waals surface area contributed by atoms with Crippen LogP contribution < -0.4 is 10.1 Å². The molecule has 6 heteroatoms. The van der Waals surface area contributed by atoms with E-state index in [2.05, 4.69) is 5.32 Å². The van der Waals surface area contributed by atoms with Crippen molar-refractivity contribution < 1.29 is 9.53 Å². The van der Waals surface area contributed by atoms with Gasteiger partial charge in [0.25, 0.3) is 0 Å². The van der Waals surface area contributed by atoms with E-state index in [9.17, 15) is 4.79 Å². The summed E-state index contributed by atoms with van der Waals surface area (Å²) in [6.45, 7) is 3.18. The SMILES string of the molecule is CNCC1CCN(C(=O)CCCOc2ccc(Cl)cc2Cl)C1. The van der Waals surface area contributed by atoms with Crippen LogP contribution in [0.4, 0.5) is 0 Å². The van der Waals surface area contributed by atoms with Crippen molar-refractivity contribution in [3.63, 3.8) is 0 Å². The Morgan fingerprint density at radius 3 is 3.00 bits per heavy atom. The van der Waals surface area contributed by atoms with Crippen LogP contribution in [0.3, 0.4) is 0 Å². The molecular formula is C16H22Cl2N2O2. The molecule has 1 unspecified atom stereocenters. The number of rotatable bonds is 7. The Kier molecular flexibility index (Phi) is 6.80. The van der Waals surface area contributed by atoms with Gasteiger partial charge >= 0.3 is 0 Å². The Bertz CT molecular complexity index is 511. The zero-order valence-electron chi connectivity index (χ0n) is 12.8. The predicted octanol–water partition coefficient (Wildman–Crippen LogP) is 3.22. The average molecular weight is 345 g/mol. The van der Waals surface area contributed by atoms with Crippen molar-refractivity contribution in [2.75, 3.05) is 33.3 Å². The monoisotopic (exact) mass is 344 g/mol. The minimum Gasteiger partial charge on any atom is -0.492 e. The molecule has 1 heterocycles. The van der Waals surface area contributed by atoms with Gasteiger partial charge in [-0.2, -0.15) is 0 Å². The molecule has 0 radical (unpaired) electrons. The highest BCUT2D eigenvalue weighted by atomic mass is 35.5. The summed E-state index contributed by atoms with van der Waals surface area (Å²) in [6, 6.07) is 5.13. The molecule has 0 bridgehead atoms. The van der Waals surface area contributed by atoms with Crippen LogP contribution >= 0.6 is 23.2 Å². The fraction of sp³-hybridized carbons (Fsp3) is 0.562. The second-order valence-corrected chi connectivity index (χ2v) is 6.42.